The third kappa shape index (κ3) is 37.5. The van der Waals surface area contributed by atoms with Gasteiger partial charge in [-0.25, -0.2) is 0 Å². The number of carbonyl (C=O) groups is 3. The van der Waals surface area contributed by atoms with Gasteiger partial charge >= 0.3 is 47.5 Å². The van der Waals surface area contributed by atoms with Crippen molar-refractivity contribution in [2.24, 2.45) is 5.90 Å². The van der Waals surface area contributed by atoms with Crippen LogP contribution in [0.25, 0.3) is 0 Å². The number of rotatable bonds is 30. The van der Waals surface area contributed by atoms with E-state index in [2.05, 4.69) is 30.8 Å². The molecule has 1 unspecified atom stereocenters. The number of esters is 1. The van der Waals surface area contributed by atoms with Crippen LogP contribution in [-0.4, -0.2) is 47.8 Å². The molecule has 0 aromatic carbocycles. The number of nitrogens with two attached hydrogens (primary N) is 1. The molecule has 0 aliphatic heterocycles. The Labute approximate surface area is 303 Å². The molecule has 0 aromatic rings. The maximum Gasteiger partial charge on any atom is 1.00 e. The van der Waals surface area contributed by atoms with Crippen molar-refractivity contribution in [3.63, 3.8) is 0 Å². The number of ether oxygens (including phenoxy) is 1. The zero-order valence-corrected chi connectivity index (χ0v) is 32.2. The molecule has 0 spiro atoms. The number of allylic oxidation sites excluding steroid dienone is 2. The first-order valence-electron chi connectivity index (χ1n) is 17.5. The zero-order chi connectivity index (χ0) is 34.0. The van der Waals surface area contributed by atoms with Crippen molar-refractivity contribution in [2.45, 2.75) is 180 Å². The average Bonchev–Trinajstić information content (AvgIpc) is 3.00. The summed E-state index contributed by atoms with van der Waals surface area (Å²) in [5.74, 6) is 1.77. The van der Waals surface area contributed by atoms with Gasteiger partial charge in [-0.1, -0.05) is 135 Å². The Morgan fingerprint density at radius 1 is 0.696 bits per heavy atom. The molecule has 0 heterocycles. The summed E-state index contributed by atoms with van der Waals surface area (Å²) in [5, 5.41) is 6.52. The molecule has 0 saturated carbocycles. The van der Waals surface area contributed by atoms with Crippen molar-refractivity contribution in [3.05, 3.63) is 12.2 Å². The Morgan fingerprint density at radius 3 is 1.48 bits per heavy atom. The minimum atomic E-state index is -4.78. The number of hydrogen-bond acceptors (Lipinski definition) is 8. The van der Waals surface area contributed by atoms with Crippen LogP contribution in [0, 0.1) is 0 Å². The second-order valence-electron chi connectivity index (χ2n) is 11.8. The van der Waals surface area contributed by atoms with E-state index < -0.39 is 33.7 Å². The maximum absolute atomic E-state index is 11.6. The van der Waals surface area contributed by atoms with Gasteiger partial charge in [0.1, 0.15) is 0 Å². The molecule has 0 aromatic heterocycles. The van der Waals surface area contributed by atoms with Crippen molar-refractivity contribution in [2.75, 3.05) is 6.61 Å². The second-order valence-corrected chi connectivity index (χ2v) is 13.4. The topological polar surface area (TPSA) is 170 Å². The van der Waals surface area contributed by atoms with E-state index in [1.807, 2.05) is 0 Å². The molecule has 4 N–H and O–H groups in total. The SMILES string of the molecule is CCCCCCCC/C=C\CCCCCCCC(=O)ON.CCCCCCCCCCCCOC(=O)C(CC(=O)O)S(=O)(=O)O.[H-].[Na+]. The Kier molecular flexibility index (Phi) is 39.6. The minimum absolute atomic E-state index is 0. The van der Waals surface area contributed by atoms with Crippen LogP contribution in [0.2, 0.25) is 0 Å². The van der Waals surface area contributed by atoms with Gasteiger partial charge in [0.2, 0.25) is 0 Å². The van der Waals surface area contributed by atoms with Gasteiger partial charge < -0.3 is 16.1 Å². The summed E-state index contributed by atoms with van der Waals surface area (Å²) in [6.07, 6.45) is 31.6. The van der Waals surface area contributed by atoms with Crippen molar-refractivity contribution >= 4 is 28.0 Å². The minimum Gasteiger partial charge on any atom is -1.00 e. The number of carboxylic acids is 1. The summed E-state index contributed by atoms with van der Waals surface area (Å²) < 4.78 is 35.6. The van der Waals surface area contributed by atoms with E-state index in [4.69, 9.17) is 20.3 Å². The second kappa shape index (κ2) is 36.8. The Morgan fingerprint density at radius 2 is 1.09 bits per heavy atom. The predicted octanol–water partition coefficient (Wildman–Crippen LogP) is 5.74. The van der Waals surface area contributed by atoms with Crippen LogP contribution in [0.3, 0.4) is 0 Å². The molecule has 12 heteroatoms. The normalized spacial score (nSPS) is 11.7. The number of hydrogen-bond donors (Lipinski definition) is 3. The van der Waals surface area contributed by atoms with Gasteiger partial charge in [0, 0.05) is 6.42 Å². The van der Waals surface area contributed by atoms with E-state index in [0.29, 0.717) is 12.8 Å². The van der Waals surface area contributed by atoms with Crippen molar-refractivity contribution in [1.82, 2.24) is 0 Å². The third-order valence-corrected chi connectivity index (χ3v) is 8.58. The monoisotopic (exact) mass is 687 g/mol. The molecule has 268 valence electrons. The van der Waals surface area contributed by atoms with Crippen LogP contribution in [0.1, 0.15) is 176 Å². The summed E-state index contributed by atoms with van der Waals surface area (Å²) in [6, 6.07) is 0. The number of aliphatic carboxylic acids is 1. The van der Waals surface area contributed by atoms with Crippen molar-refractivity contribution in [1.29, 1.82) is 0 Å². The maximum atomic E-state index is 11.6. The first-order chi connectivity index (χ1) is 21.6. The average molecular weight is 688 g/mol. The largest absolute Gasteiger partial charge is 1.00 e. The number of unbranched alkanes of at least 4 members (excludes halogenated alkanes) is 20. The Bertz CT molecular complexity index is 861. The first kappa shape index (κ1) is 49.4. The first-order valence-corrected chi connectivity index (χ1v) is 19.0. The summed E-state index contributed by atoms with van der Waals surface area (Å²) in [7, 11) is -4.78. The van der Waals surface area contributed by atoms with E-state index in [1.165, 1.54) is 109 Å². The van der Waals surface area contributed by atoms with Crippen LogP contribution >= 0.6 is 0 Å². The van der Waals surface area contributed by atoms with Crippen LogP contribution in [-0.2, 0) is 34.1 Å². The van der Waals surface area contributed by atoms with Crippen LogP contribution in [0.15, 0.2) is 12.2 Å². The van der Waals surface area contributed by atoms with Crippen LogP contribution in [0.5, 0.6) is 0 Å². The third-order valence-electron chi connectivity index (χ3n) is 7.50. The molecule has 0 aliphatic rings. The Hall–Kier alpha value is -0.980. The van der Waals surface area contributed by atoms with E-state index in [9.17, 15) is 22.8 Å². The molecule has 1 atom stereocenters. The van der Waals surface area contributed by atoms with E-state index >= 15 is 0 Å². The van der Waals surface area contributed by atoms with Gasteiger partial charge in [-0.2, -0.15) is 14.3 Å². The molecular weight excluding hydrogens is 621 g/mol. The smallest absolute Gasteiger partial charge is 1.00 e. The molecule has 0 amide bonds. The van der Waals surface area contributed by atoms with E-state index in [1.54, 1.807) is 0 Å². The summed E-state index contributed by atoms with van der Waals surface area (Å²) in [5.41, 5.74) is 0. The summed E-state index contributed by atoms with van der Waals surface area (Å²) in [4.78, 5) is 37.0. The van der Waals surface area contributed by atoms with E-state index in [-0.39, 0.29) is 43.6 Å². The Balaban J connectivity index is -0.000000380. The van der Waals surface area contributed by atoms with Gasteiger partial charge in [-0.05, 0) is 38.5 Å². The quantitative estimate of drug-likeness (QED) is 0.0211. The van der Waals surface area contributed by atoms with Gasteiger partial charge in [-0.3, -0.25) is 18.9 Å². The van der Waals surface area contributed by atoms with Gasteiger partial charge in [-0.15, -0.1) is 0 Å². The summed E-state index contributed by atoms with van der Waals surface area (Å²) >= 11 is 0. The fourth-order valence-electron chi connectivity index (χ4n) is 4.72. The molecule has 0 aliphatic carbocycles. The van der Waals surface area contributed by atoms with Crippen LogP contribution < -0.4 is 35.5 Å². The molecule has 46 heavy (non-hydrogen) atoms. The molecule has 0 radical (unpaired) electrons. The fourth-order valence-corrected chi connectivity index (χ4v) is 5.39. The molecule has 0 bridgehead atoms. The van der Waals surface area contributed by atoms with Gasteiger partial charge in [0.15, 0.2) is 5.25 Å². The number of carbonyl (C=O) groups excluding carboxylic acids is 2. The van der Waals surface area contributed by atoms with Crippen LogP contribution in [0.4, 0.5) is 0 Å². The molecule has 0 fully saturated rings. The van der Waals surface area contributed by atoms with Gasteiger partial charge in [0.25, 0.3) is 10.1 Å². The predicted molar refractivity (Wildman–Crippen MR) is 181 cm³/mol. The molecular formula is C34H66NNaO9S. The molecule has 10 nitrogen and oxygen atoms in total. The standard InChI is InChI=1S/C18H35NO2.C16H30O7S.Na.H/c1-2-3-4-5-6-7-8-9-10-11-12-13-14-15-16-17-18(20)21-19;1-2-3-4-5-6-7-8-9-10-11-12-23-16(19)14(13-15(17)18)24(20,21)22;;/h9-10H,2-8,11-17,19H2,1H3;14H,2-13H2,1H3,(H,17,18)(H,20,21,22);;/q;;+1;-1/b10-9-;;;. The zero-order valence-electron chi connectivity index (χ0n) is 30.4. The molecule has 0 rings (SSSR count). The van der Waals surface area contributed by atoms with Gasteiger partial charge in [0.05, 0.1) is 13.0 Å². The molecule has 0 saturated heterocycles. The summed E-state index contributed by atoms with van der Waals surface area (Å²) in [6.45, 7) is 4.48. The van der Waals surface area contributed by atoms with E-state index in [0.717, 1.165) is 32.1 Å². The number of carboxylic acid groups (broad SMARTS) is 1. The van der Waals surface area contributed by atoms with Crippen molar-refractivity contribution < 1.29 is 73.0 Å². The van der Waals surface area contributed by atoms with Crippen molar-refractivity contribution in [3.8, 4) is 0 Å². The fraction of sp³-hybridized carbons (Fsp3) is 0.853.